The van der Waals surface area contributed by atoms with Crippen molar-refractivity contribution in [2.24, 2.45) is 5.92 Å². The molecule has 2 rings (SSSR count). The van der Waals surface area contributed by atoms with Crippen molar-refractivity contribution < 1.29 is 4.74 Å². The quantitative estimate of drug-likeness (QED) is 0.667. The Bertz CT molecular complexity index is 414. The van der Waals surface area contributed by atoms with E-state index < -0.39 is 0 Å². The summed E-state index contributed by atoms with van der Waals surface area (Å²) >= 11 is 3.56. The van der Waals surface area contributed by atoms with E-state index in [1.54, 1.807) is 0 Å². The minimum absolute atomic E-state index is 0.414. The fourth-order valence-corrected chi connectivity index (χ4v) is 3.36. The third kappa shape index (κ3) is 3.98. The van der Waals surface area contributed by atoms with Crippen LogP contribution in [0.2, 0.25) is 0 Å². The number of benzene rings is 1. The fourth-order valence-electron chi connectivity index (χ4n) is 2.98. The predicted molar refractivity (Wildman–Crippen MR) is 84.9 cm³/mol. The molecule has 1 aromatic carbocycles. The normalized spacial score (nSPS) is 23.6. The lowest BCUT2D eigenvalue weighted by molar-refractivity contribution is 0.120. The second-order valence-corrected chi connectivity index (χ2v) is 6.93. The van der Waals surface area contributed by atoms with Crippen LogP contribution in [0.5, 0.6) is 5.75 Å². The van der Waals surface area contributed by atoms with Crippen molar-refractivity contribution in [3.05, 3.63) is 28.2 Å². The van der Waals surface area contributed by atoms with Crippen LogP contribution in [0.1, 0.15) is 64.4 Å². The topological polar surface area (TPSA) is 9.23 Å². The zero-order chi connectivity index (χ0) is 13.8. The molecule has 0 amide bonds. The van der Waals surface area contributed by atoms with E-state index in [9.17, 15) is 0 Å². The highest BCUT2D eigenvalue weighted by molar-refractivity contribution is 9.10. The molecular weight excluding hydrogens is 300 g/mol. The van der Waals surface area contributed by atoms with E-state index >= 15 is 0 Å². The molecule has 1 aliphatic rings. The van der Waals surface area contributed by atoms with E-state index in [1.807, 2.05) is 0 Å². The minimum atomic E-state index is 0.414. The molecule has 2 atom stereocenters. The van der Waals surface area contributed by atoms with Crippen molar-refractivity contribution in [2.45, 2.75) is 64.9 Å². The van der Waals surface area contributed by atoms with Crippen LogP contribution in [0.15, 0.2) is 22.7 Å². The Labute approximate surface area is 125 Å². The average molecular weight is 325 g/mol. The molecule has 0 heterocycles. The van der Waals surface area contributed by atoms with Gasteiger partial charge in [-0.1, -0.05) is 49.5 Å². The summed E-state index contributed by atoms with van der Waals surface area (Å²) in [5, 5.41) is 0. The summed E-state index contributed by atoms with van der Waals surface area (Å²) in [6.07, 6.45) is 6.84. The van der Waals surface area contributed by atoms with Crippen molar-refractivity contribution in [3.8, 4) is 5.75 Å². The Hall–Kier alpha value is -0.500. The van der Waals surface area contributed by atoms with Crippen LogP contribution >= 0.6 is 15.9 Å². The van der Waals surface area contributed by atoms with Crippen LogP contribution < -0.4 is 4.74 Å². The second kappa shape index (κ2) is 6.78. The maximum Gasteiger partial charge on any atom is 0.123 e. The Morgan fingerprint density at radius 3 is 2.79 bits per heavy atom. The van der Waals surface area contributed by atoms with Crippen LogP contribution in [0, 0.1) is 5.92 Å². The summed E-state index contributed by atoms with van der Waals surface area (Å²) < 4.78 is 7.45. The van der Waals surface area contributed by atoms with Gasteiger partial charge in [-0.15, -0.1) is 0 Å². The van der Waals surface area contributed by atoms with Gasteiger partial charge in [0.15, 0.2) is 0 Å². The van der Waals surface area contributed by atoms with Crippen LogP contribution in [-0.2, 0) is 0 Å². The molecule has 106 valence electrons. The first-order valence-electron chi connectivity index (χ1n) is 7.56. The van der Waals surface area contributed by atoms with Crippen LogP contribution in [0.25, 0.3) is 0 Å². The van der Waals surface area contributed by atoms with E-state index in [-0.39, 0.29) is 0 Å². The highest BCUT2D eigenvalue weighted by Crippen LogP contribution is 2.34. The highest BCUT2D eigenvalue weighted by Gasteiger charge is 2.23. The number of rotatable bonds is 4. The van der Waals surface area contributed by atoms with E-state index in [2.05, 4.69) is 54.9 Å². The summed E-state index contributed by atoms with van der Waals surface area (Å²) in [5.41, 5.74) is 1.31. The zero-order valence-electron chi connectivity index (χ0n) is 12.3. The van der Waals surface area contributed by atoms with Gasteiger partial charge in [0.05, 0.1) is 6.10 Å². The van der Waals surface area contributed by atoms with Crippen molar-refractivity contribution in [2.75, 3.05) is 0 Å². The first-order chi connectivity index (χ1) is 9.10. The molecule has 1 aliphatic carbocycles. The Balaban J connectivity index is 2.10. The summed E-state index contributed by atoms with van der Waals surface area (Å²) in [6.45, 7) is 6.75. The van der Waals surface area contributed by atoms with Gasteiger partial charge in [-0.05, 0) is 54.9 Å². The van der Waals surface area contributed by atoms with Gasteiger partial charge in [-0.2, -0.15) is 0 Å². The van der Waals surface area contributed by atoms with Crippen LogP contribution in [0.3, 0.4) is 0 Å². The Morgan fingerprint density at radius 1 is 1.32 bits per heavy atom. The lowest BCUT2D eigenvalue weighted by Crippen LogP contribution is -2.25. The van der Waals surface area contributed by atoms with Crippen molar-refractivity contribution in [1.82, 2.24) is 0 Å². The molecule has 1 saturated carbocycles. The first kappa shape index (κ1) is 14.9. The lowest BCUT2D eigenvalue weighted by atomic mass is 9.85. The van der Waals surface area contributed by atoms with Crippen LogP contribution in [0.4, 0.5) is 0 Å². The summed E-state index contributed by atoms with van der Waals surface area (Å²) in [6, 6.07) is 6.40. The molecule has 0 N–H and O–H groups in total. The number of hydrogen-bond donors (Lipinski definition) is 0. The molecular formula is C17H25BrO. The summed E-state index contributed by atoms with van der Waals surface area (Å²) in [5.74, 6) is 2.44. The maximum absolute atomic E-state index is 6.31. The summed E-state index contributed by atoms with van der Waals surface area (Å²) in [4.78, 5) is 0. The molecule has 1 fully saturated rings. The van der Waals surface area contributed by atoms with Crippen molar-refractivity contribution in [3.63, 3.8) is 0 Å². The van der Waals surface area contributed by atoms with Gasteiger partial charge in [0, 0.05) is 4.47 Å². The molecule has 1 aromatic rings. The molecule has 0 bridgehead atoms. The van der Waals surface area contributed by atoms with E-state index in [1.165, 1.54) is 37.7 Å². The van der Waals surface area contributed by atoms with Crippen molar-refractivity contribution in [1.29, 1.82) is 0 Å². The largest absolute Gasteiger partial charge is 0.490 e. The highest BCUT2D eigenvalue weighted by atomic mass is 79.9. The van der Waals surface area contributed by atoms with Gasteiger partial charge >= 0.3 is 0 Å². The van der Waals surface area contributed by atoms with Gasteiger partial charge in [0.1, 0.15) is 5.75 Å². The van der Waals surface area contributed by atoms with Crippen LogP contribution in [-0.4, -0.2) is 6.10 Å². The number of ether oxygens (including phenoxy) is 1. The Morgan fingerprint density at radius 2 is 2.11 bits per heavy atom. The molecule has 0 saturated heterocycles. The Kier molecular flexibility index (Phi) is 5.32. The van der Waals surface area contributed by atoms with Gasteiger partial charge in [-0.25, -0.2) is 0 Å². The van der Waals surface area contributed by atoms with Gasteiger partial charge in [0.25, 0.3) is 0 Å². The monoisotopic (exact) mass is 324 g/mol. The molecule has 0 radical (unpaired) electrons. The minimum Gasteiger partial charge on any atom is -0.490 e. The van der Waals surface area contributed by atoms with E-state index in [0.717, 1.165) is 16.1 Å². The zero-order valence-corrected chi connectivity index (χ0v) is 13.9. The standard InChI is InChI=1S/C17H25BrO/c1-4-13-6-5-7-15(10-13)19-17-9-8-14(18)11-16(17)12(2)3/h8-9,11-13,15H,4-7,10H2,1-3H3. The molecule has 2 heteroatoms. The predicted octanol–water partition coefficient (Wildman–Crippen LogP) is 5.92. The maximum atomic E-state index is 6.31. The molecule has 0 spiro atoms. The molecule has 0 aromatic heterocycles. The van der Waals surface area contributed by atoms with Crippen molar-refractivity contribution >= 4 is 15.9 Å². The van der Waals surface area contributed by atoms with E-state index in [0.29, 0.717) is 12.0 Å². The third-order valence-corrected chi connectivity index (χ3v) is 4.69. The van der Waals surface area contributed by atoms with Gasteiger partial charge in [0.2, 0.25) is 0 Å². The third-order valence-electron chi connectivity index (χ3n) is 4.20. The molecule has 0 aliphatic heterocycles. The number of halogens is 1. The first-order valence-corrected chi connectivity index (χ1v) is 8.35. The molecule has 19 heavy (non-hydrogen) atoms. The van der Waals surface area contributed by atoms with Gasteiger partial charge in [-0.3, -0.25) is 0 Å². The lowest BCUT2D eigenvalue weighted by Gasteiger charge is -2.30. The number of hydrogen-bond acceptors (Lipinski definition) is 1. The second-order valence-electron chi connectivity index (χ2n) is 6.02. The smallest absolute Gasteiger partial charge is 0.123 e. The van der Waals surface area contributed by atoms with E-state index in [4.69, 9.17) is 4.74 Å². The molecule has 1 nitrogen and oxygen atoms in total. The van der Waals surface area contributed by atoms with Gasteiger partial charge < -0.3 is 4.74 Å². The summed E-state index contributed by atoms with van der Waals surface area (Å²) in [7, 11) is 0. The molecule has 2 unspecified atom stereocenters. The SMILES string of the molecule is CCC1CCCC(Oc2ccc(Br)cc2C(C)C)C1. The average Bonchev–Trinajstić information content (AvgIpc) is 2.41. The fraction of sp³-hybridized carbons (Fsp3) is 0.647.